The van der Waals surface area contributed by atoms with Gasteiger partial charge in [0, 0.05) is 10.0 Å². The highest BCUT2D eigenvalue weighted by atomic mass is 79.9. The molecule has 0 bridgehead atoms. The van der Waals surface area contributed by atoms with Gasteiger partial charge in [0.05, 0.1) is 11.5 Å². The normalized spacial score (nSPS) is 13.2. The molecular weight excluding hydrogens is 300 g/mol. The third-order valence-electron chi connectivity index (χ3n) is 2.59. The van der Waals surface area contributed by atoms with Crippen molar-refractivity contribution >= 4 is 21.9 Å². The minimum absolute atomic E-state index is 0.0453. The fourth-order valence-corrected chi connectivity index (χ4v) is 1.68. The average Bonchev–Trinajstić information content (AvgIpc) is 2.27. The fourth-order valence-electron chi connectivity index (χ4n) is 1.30. The first kappa shape index (κ1) is 15.0. The summed E-state index contributed by atoms with van der Waals surface area (Å²) in [7, 11) is 0. The minimum atomic E-state index is -0.969. The van der Waals surface area contributed by atoms with Gasteiger partial charge in [0.2, 0.25) is 0 Å². The van der Waals surface area contributed by atoms with Crippen LogP contribution in [-0.4, -0.2) is 22.8 Å². The van der Waals surface area contributed by atoms with Crippen LogP contribution in [0.4, 0.5) is 0 Å². The summed E-state index contributed by atoms with van der Waals surface area (Å²) in [6.07, 6.45) is -0.676. The Morgan fingerprint density at radius 1 is 1.50 bits per heavy atom. The molecule has 4 nitrogen and oxygen atoms in total. The lowest BCUT2D eigenvalue weighted by Crippen LogP contribution is -2.30. The van der Waals surface area contributed by atoms with Crippen LogP contribution in [0.5, 0.6) is 5.75 Å². The minimum Gasteiger partial charge on any atom is -0.492 e. The molecule has 1 rings (SSSR count). The van der Waals surface area contributed by atoms with Crippen molar-refractivity contribution in [1.29, 1.82) is 0 Å². The molecule has 0 saturated carbocycles. The van der Waals surface area contributed by atoms with Gasteiger partial charge in [-0.25, -0.2) is 0 Å². The summed E-state index contributed by atoms with van der Waals surface area (Å²) in [5, 5.41) is 18.7. The largest absolute Gasteiger partial charge is 0.492 e. The van der Waals surface area contributed by atoms with Crippen LogP contribution < -0.4 is 4.74 Å². The van der Waals surface area contributed by atoms with Gasteiger partial charge in [-0.3, -0.25) is 4.79 Å². The predicted molar refractivity (Wildman–Crippen MR) is 71.7 cm³/mol. The van der Waals surface area contributed by atoms with E-state index in [1.807, 2.05) is 0 Å². The molecule has 1 aromatic carbocycles. The van der Waals surface area contributed by atoms with Crippen LogP contribution in [0.15, 0.2) is 22.7 Å². The summed E-state index contributed by atoms with van der Waals surface area (Å²) in [4.78, 5) is 11.0. The number of aliphatic carboxylic acids is 1. The van der Waals surface area contributed by atoms with E-state index in [9.17, 15) is 9.90 Å². The molecule has 0 aromatic heterocycles. The van der Waals surface area contributed by atoms with E-state index in [1.54, 1.807) is 39.0 Å². The quantitative estimate of drug-likeness (QED) is 0.876. The molecule has 100 valence electrons. The number of carboxylic acid groups (broad SMARTS) is 1. The molecule has 0 aliphatic rings. The van der Waals surface area contributed by atoms with Crippen LogP contribution in [-0.2, 0) is 4.79 Å². The number of hydrogen-bond donors (Lipinski definition) is 2. The van der Waals surface area contributed by atoms with Gasteiger partial charge in [0.1, 0.15) is 12.4 Å². The summed E-state index contributed by atoms with van der Waals surface area (Å²) in [5.41, 5.74) is -0.339. The Hall–Kier alpha value is -1.07. The number of hydrogen-bond acceptors (Lipinski definition) is 3. The zero-order valence-electron chi connectivity index (χ0n) is 10.6. The molecule has 1 unspecified atom stereocenters. The van der Waals surface area contributed by atoms with Crippen LogP contribution in [0.1, 0.15) is 32.4 Å². The van der Waals surface area contributed by atoms with Crippen molar-refractivity contribution in [3.05, 3.63) is 28.2 Å². The highest BCUT2D eigenvalue weighted by Gasteiger charge is 2.28. The van der Waals surface area contributed by atoms with Crippen LogP contribution in [0.2, 0.25) is 0 Å². The Morgan fingerprint density at radius 3 is 2.61 bits per heavy atom. The van der Waals surface area contributed by atoms with E-state index in [0.717, 1.165) is 4.47 Å². The maximum absolute atomic E-state index is 11.0. The Balaban J connectivity index is 2.88. The summed E-state index contributed by atoms with van der Waals surface area (Å²) < 4.78 is 6.35. The number of benzene rings is 1. The van der Waals surface area contributed by atoms with E-state index < -0.39 is 17.5 Å². The lowest BCUT2D eigenvalue weighted by atomic mass is 9.95. The number of halogens is 1. The first-order chi connectivity index (χ1) is 8.24. The molecule has 18 heavy (non-hydrogen) atoms. The smallest absolute Gasteiger partial charge is 0.312 e. The molecule has 0 aliphatic heterocycles. The van der Waals surface area contributed by atoms with Gasteiger partial charge in [0.25, 0.3) is 0 Å². The van der Waals surface area contributed by atoms with E-state index in [1.165, 1.54) is 0 Å². The van der Waals surface area contributed by atoms with Gasteiger partial charge in [-0.1, -0.05) is 15.9 Å². The Kier molecular flexibility index (Phi) is 4.76. The molecular formula is C13H17BrO4. The molecule has 0 heterocycles. The van der Waals surface area contributed by atoms with Gasteiger partial charge < -0.3 is 14.9 Å². The van der Waals surface area contributed by atoms with E-state index in [2.05, 4.69) is 15.9 Å². The lowest BCUT2D eigenvalue weighted by Gasteiger charge is -2.21. The summed E-state index contributed by atoms with van der Waals surface area (Å²) in [6.45, 7) is 4.87. The van der Waals surface area contributed by atoms with Gasteiger partial charge in [-0.2, -0.15) is 0 Å². The van der Waals surface area contributed by atoms with Crippen molar-refractivity contribution in [2.75, 3.05) is 6.61 Å². The number of carbonyl (C=O) groups is 1. The maximum atomic E-state index is 11.0. The first-order valence-corrected chi connectivity index (χ1v) is 6.37. The molecule has 1 atom stereocenters. The van der Waals surface area contributed by atoms with Crippen molar-refractivity contribution in [2.45, 2.75) is 26.9 Å². The highest BCUT2D eigenvalue weighted by molar-refractivity contribution is 9.10. The molecule has 0 saturated heterocycles. The van der Waals surface area contributed by atoms with Crippen molar-refractivity contribution in [3.8, 4) is 5.75 Å². The van der Waals surface area contributed by atoms with Gasteiger partial charge in [-0.15, -0.1) is 0 Å². The predicted octanol–water partition coefficient (Wildman–Crippen LogP) is 2.99. The highest BCUT2D eigenvalue weighted by Crippen LogP contribution is 2.29. The molecule has 0 radical (unpaired) electrons. The number of carboxylic acids is 1. The van der Waals surface area contributed by atoms with Crippen molar-refractivity contribution in [2.24, 2.45) is 5.41 Å². The molecule has 0 amide bonds. The summed E-state index contributed by atoms with van der Waals surface area (Å²) in [5.74, 6) is -0.416. The number of ether oxygens (including phenoxy) is 1. The first-order valence-electron chi connectivity index (χ1n) is 5.58. The lowest BCUT2D eigenvalue weighted by molar-refractivity contribution is -0.148. The average molecular weight is 317 g/mol. The van der Waals surface area contributed by atoms with Crippen LogP contribution in [0.25, 0.3) is 0 Å². The van der Waals surface area contributed by atoms with Gasteiger partial charge in [0.15, 0.2) is 0 Å². The second-order valence-corrected chi connectivity index (χ2v) is 5.75. The van der Waals surface area contributed by atoms with Crippen LogP contribution in [0.3, 0.4) is 0 Å². The van der Waals surface area contributed by atoms with Crippen LogP contribution in [0, 0.1) is 5.41 Å². The van der Waals surface area contributed by atoms with E-state index in [0.29, 0.717) is 11.3 Å². The van der Waals surface area contributed by atoms with E-state index in [-0.39, 0.29) is 6.61 Å². The summed E-state index contributed by atoms with van der Waals surface area (Å²) in [6, 6.07) is 5.26. The van der Waals surface area contributed by atoms with E-state index in [4.69, 9.17) is 9.84 Å². The zero-order valence-corrected chi connectivity index (χ0v) is 12.2. The monoisotopic (exact) mass is 316 g/mol. The second kappa shape index (κ2) is 5.71. The molecule has 0 fully saturated rings. The third-order valence-corrected chi connectivity index (χ3v) is 3.08. The Bertz CT molecular complexity index is 441. The number of rotatable bonds is 5. The maximum Gasteiger partial charge on any atom is 0.312 e. The molecule has 1 aromatic rings. The van der Waals surface area contributed by atoms with Gasteiger partial charge in [-0.05, 0) is 39.0 Å². The topological polar surface area (TPSA) is 66.8 Å². The molecule has 0 aliphatic carbocycles. The number of aliphatic hydroxyl groups excluding tert-OH is 1. The Morgan fingerprint density at radius 2 is 2.11 bits per heavy atom. The van der Waals surface area contributed by atoms with Gasteiger partial charge >= 0.3 is 5.97 Å². The standard InChI is InChI=1S/C13H17BrO4/c1-8(15)10-6-9(14)4-5-11(10)18-7-13(2,3)12(16)17/h4-6,8,15H,7H2,1-3H3,(H,16,17). The molecule has 2 N–H and O–H groups in total. The zero-order chi connectivity index (χ0) is 13.9. The number of aliphatic hydroxyl groups is 1. The van der Waals surface area contributed by atoms with Crippen molar-refractivity contribution < 1.29 is 19.7 Å². The van der Waals surface area contributed by atoms with Crippen molar-refractivity contribution in [3.63, 3.8) is 0 Å². The van der Waals surface area contributed by atoms with E-state index >= 15 is 0 Å². The molecule has 0 spiro atoms. The summed E-state index contributed by atoms with van der Waals surface area (Å²) >= 11 is 3.32. The fraction of sp³-hybridized carbons (Fsp3) is 0.462. The second-order valence-electron chi connectivity index (χ2n) is 4.84. The van der Waals surface area contributed by atoms with Crippen LogP contribution >= 0.6 is 15.9 Å². The molecule has 5 heteroatoms. The Labute approximate surface area is 115 Å². The van der Waals surface area contributed by atoms with Crippen molar-refractivity contribution in [1.82, 2.24) is 0 Å². The SMILES string of the molecule is CC(O)c1cc(Br)ccc1OCC(C)(C)C(=O)O. The third kappa shape index (κ3) is 3.71.